The Balaban J connectivity index is 1.54. The Labute approximate surface area is 167 Å². The van der Waals surface area contributed by atoms with Gasteiger partial charge in [-0.3, -0.25) is 0 Å². The highest BCUT2D eigenvalue weighted by Gasteiger charge is 2.16. The van der Waals surface area contributed by atoms with Crippen LogP contribution in [0.15, 0.2) is 42.7 Å². The van der Waals surface area contributed by atoms with Gasteiger partial charge in [0.25, 0.3) is 5.88 Å². The van der Waals surface area contributed by atoms with Gasteiger partial charge in [-0.1, -0.05) is 6.07 Å². The fourth-order valence-electron chi connectivity index (χ4n) is 3.09. The molecular weight excluding hydrogens is 375 g/mol. The first-order valence-electron chi connectivity index (χ1n) is 9.18. The van der Waals surface area contributed by atoms with Crippen molar-refractivity contribution < 1.29 is 13.9 Å². The third-order valence-corrected chi connectivity index (χ3v) is 4.58. The Kier molecular flexibility index (Phi) is 5.39. The molecular formula is C20H21FN6O2. The van der Waals surface area contributed by atoms with Crippen LogP contribution in [-0.4, -0.2) is 41.3 Å². The van der Waals surface area contributed by atoms with Crippen LogP contribution in [0.2, 0.25) is 0 Å². The van der Waals surface area contributed by atoms with Crippen LogP contribution >= 0.6 is 0 Å². The van der Waals surface area contributed by atoms with Crippen molar-refractivity contribution in [3.05, 3.63) is 54.1 Å². The Hall–Kier alpha value is -3.46. The number of hydrogen-bond acceptors (Lipinski definition) is 8. The van der Waals surface area contributed by atoms with E-state index in [2.05, 4.69) is 15.0 Å². The van der Waals surface area contributed by atoms with Gasteiger partial charge in [-0.05, 0) is 29.8 Å². The zero-order valence-electron chi connectivity index (χ0n) is 15.7. The maximum atomic E-state index is 14.7. The van der Waals surface area contributed by atoms with E-state index in [1.165, 1.54) is 12.3 Å². The van der Waals surface area contributed by atoms with Crippen LogP contribution in [0, 0.1) is 5.82 Å². The van der Waals surface area contributed by atoms with Crippen molar-refractivity contribution in [3.63, 3.8) is 0 Å². The van der Waals surface area contributed by atoms with Crippen LogP contribution in [0.3, 0.4) is 0 Å². The van der Waals surface area contributed by atoms with E-state index in [0.29, 0.717) is 49.1 Å². The highest BCUT2D eigenvalue weighted by Crippen LogP contribution is 2.28. The molecule has 0 atom stereocenters. The molecule has 1 aromatic carbocycles. The monoisotopic (exact) mass is 396 g/mol. The number of nitrogens with zero attached hydrogens (tertiary/aromatic N) is 4. The van der Waals surface area contributed by atoms with Gasteiger partial charge in [0.15, 0.2) is 5.82 Å². The van der Waals surface area contributed by atoms with Crippen LogP contribution in [0.4, 0.5) is 21.7 Å². The van der Waals surface area contributed by atoms with Gasteiger partial charge < -0.3 is 25.8 Å². The highest BCUT2D eigenvalue weighted by molar-refractivity contribution is 5.65. The predicted molar refractivity (Wildman–Crippen MR) is 108 cm³/mol. The number of nitrogen functional groups attached to an aromatic ring is 2. The number of halogens is 1. The molecule has 9 heteroatoms. The van der Waals surface area contributed by atoms with Gasteiger partial charge >= 0.3 is 0 Å². The van der Waals surface area contributed by atoms with Crippen molar-refractivity contribution in [1.29, 1.82) is 0 Å². The summed E-state index contributed by atoms with van der Waals surface area (Å²) in [4.78, 5) is 14.4. The van der Waals surface area contributed by atoms with E-state index in [1.807, 2.05) is 4.90 Å². The second-order valence-corrected chi connectivity index (χ2v) is 6.59. The summed E-state index contributed by atoms with van der Waals surface area (Å²) < 4.78 is 25.7. The van der Waals surface area contributed by atoms with Gasteiger partial charge in [0.2, 0.25) is 0 Å². The van der Waals surface area contributed by atoms with Crippen LogP contribution in [0.5, 0.6) is 5.88 Å². The molecule has 4 rings (SSSR count). The molecule has 0 unspecified atom stereocenters. The number of aromatic nitrogens is 3. The van der Waals surface area contributed by atoms with Crippen LogP contribution in [0.1, 0.15) is 5.56 Å². The zero-order chi connectivity index (χ0) is 20.2. The first-order chi connectivity index (χ1) is 14.1. The maximum Gasteiger partial charge on any atom is 0.258 e. The average Bonchev–Trinajstić information content (AvgIpc) is 2.74. The standard InChI is InChI=1S/C20H21FN6O2/c21-15-10-14(1-2-17(15)27-5-7-28-8-6-27)16-11-25-19(23)20(26-16)29-12-13-3-4-24-18(22)9-13/h1-4,9-11H,5-8,12H2,(H2,22,24)(H2,23,25). The van der Waals surface area contributed by atoms with E-state index < -0.39 is 0 Å². The molecule has 1 fully saturated rings. The normalized spacial score (nSPS) is 14.0. The Morgan fingerprint density at radius 3 is 2.69 bits per heavy atom. The van der Waals surface area contributed by atoms with Crippen molar-refractivity contribution in [3.8, 4) is 17.1 Å². The van der Waals surface area contributed by atoms with E-state index in [1.54, 1.807) is 30.5 Å². The minimum Gasteiger partial charge on any atom is -0.470 e. The van der Waals surface area contributed by atoms with Crippen LogP contribution in [0.25, 0.3) is 11.3 Å². The Bertz CT molecular complexity index is 1010. The number of benzene rings is 1. The van der Waals surface area contributed by atoms with Crippen molar-refractivity contribution in [2.45, 2.75) is 6.61 Å². The lowest BCUT2D eigenvalue weighted by molar-refractivity contribution is 0.122. The van der Waals surface area contributed by atoms with E-state index in [0.717, 1.165) is 5.56 Å². The smallest absolute Gasteiger partial charge is 0.258 e. The minimum atomic E-state index is -0.322. The van der Waals surface area contributed by atoms with E-state index in [4.69, 9.17) is 20.9 Å². The number of ether oxygens (including phenoxy) is 2. The van der Waals surface area contributed by atoms with Gasteiger partial charge in [-0.15, -0.1) is 0 Å². The number of rotatable bonds is 5. The summed E-state index contributed by atoms with van der Waals surface area (Å²) in [5, 5.41) is 0. The predicted octanol–water partition coefficient (Wildman–Crippen LogP) is 2.26. The number of hydrogen-bond donors (Lipinski definition) is 2. The molecule has 3 heterocycles. The molecule has 2 aromatic heterocycles. The van der Waals surface area contributed by atoms with E-state index in [9.17, 15) is 4.39 Å². The van der Waals surface area contributed by atoms with Crippen molar-refractivity contribution in [1.82, 2.24) is 15.0 Å². The summed E-state index contributed by atoms with van der Waals surface area (Å²) in [6.07, 6.45) is 3.09. The summed E-state index contributed by atoms with van der Waals surface area (Å²) in [6.45, 7) is 2.72. The number of anilines is 3. The van der Waals surface area contributed by atoms with E-state index >= 15 is 0 Å². The summed E-state index contributed by atoms with van der Waals surface area (Å²) in [7, 11) is 0. The molecule has 0 bridgehead atoms. The van der Waals surface area contributed by atoms with E-state index in [-0.39, 0.29) is 24.1 Å². The minimum absolute atomic E-state index is 0.154. The third-order valence-electron chi connectivity index (χ3n) is 4.58. The molecule has 0 radical (unpaired) electrons. The molecule has 1 aliphatic heterocycles. The lowest BCUT2D eigenvalue weighted by atomic mass is 10.1. The SMILES string of the molecule is Nc1cc(COc2nc(-c3ccc(N4CCOCC4)c(F)c3)cnc2N)ccn1. The number of pyridine rings is 1. The van der Waals surface area contributed by atoms with Gasteiger partial charge in [0, 0.05) is 24.8 Å². The van der Waals surface area contributed by atoms with Crippen LogP contribution in [-0.2, 0) is 11.3 Å². The molecule has 0 saturated carbocycles. The molecule has 0 amide bonds. The molecule has 8 nitrogen and oxygen atoms in total. The average molecular weight is 396 g/mol. The van der Waals surface area contributed by atoms with Crippen molar-refractivity contribution >= 4 is 17.3 Å². The van der Waals surface area contributed by atoms with Gasteiger partial charge in [0.1, 0.15) is 18.2 Å². The maximum absolute atomic E-state index is 14.7. The lowest BCUT2D eigenvalue weighted by Gasteiger charge is -2.29. The summed E-state index contributed by atoms with van der Waals surface area (Å²) >= 11 is 0. The van der Waals surface area contributed by atoms with Crippen LogP contribution < -0.4 is 21.1 Å². The first-order valence-corrected chi connectivity index (χ1v) is 9.18. The summed E-state index contributed by atoms with van der Waals surface area (Å²) in [5.74, 6) is 0.407. The Morgan fingerprint density at radius 1 is 1.10 bits per heavy atom. The van der Waals surface area contributed by atoms with Crippen molar-refractivity contribution in [2.75, 3.05) is 42.7 Å². The second-order valence-electron chi connectivity index (χ2n) is 6.59. The molecule has 0 spiro atoms. The van der Waals surface area contributed by atoms with Gasteiger partial charge in [-0.25, -0.2) is 19.3 Å². The quantitative estimate of drug-likeness (QED) is 0.675. The largest absolute Gasteiger partial charge is 0.470 e. The lowest BCUT2D eigenvalue weighted by Crippen LogP contribution is -2.36. The third kappa shape index (κ3) is 4.35. The fourth-order valence-corrected chi connectivity index (χ4v) is 3.09. The summed E-state index contributed by atoms with van der Waals surface area (Å²) in [6, 6.07) is 8.48. The molecule has 0 aliphatic carbocycles. The molecule has 3 aromatic rings. The molecule has 150 valence electrons. The number of nitrogens with two attached hydrogens (primary N) is 2. The Morgan fingerprint density at radius 2 is 1.93 bits per heavy atom. The van der Waals surface area contributed by atoms with Gasteiger partial charge in [0.05, 0.1) is 30.8 Å². The highest BCUT2D eigenvalue weighted by atomic mass is 19.1. The molecule has 1 aliphatic rings. The van der Waals surface area contributed by atoms with Gasteiger partial charge in [-0.2, -0.15) is 0 Å². The number of morpholine rings is 1. The topological polar surface area (TPSA) is 112 Å². The summed E-state index contributed by atoms with van der Waals surface area (Å²) in [5.41, 5.74) is 14.0. The molecule has 4 N–H and O–H groups in total. The van der Waals surface area contributed by atoms with Crippen molar-refractivity contribution in [2.24, 2.45) is 0 Å². The molecule has 29 heavy (non-hydrogen) atoms. The second kappa shape index (κ2) is 8.27. The zero-order valence-corrected chi connectivity index (χ0v) is 15.7. The first kappa shape index (κ1) is 18.9. The fraction of sp³-hybridized carbons (Fsp3) is 0.250. The molecule has 1 saturated heterocycles.